The van der Waals surface area contributed by atoms with Crippen molar-refractivity contribution in [2.24, 2.45) is 5.10 Å². The maximum Gasteiger partial charge on any atom is 0.252 e. The van der Waals surface area contributed by atoms with Crippen LogP contribution in [0.3, 0.4) is 0 Å². The first-order valence-corrected chi connectivity index (χ1v) is 5.80. The van der Waals surface area contributed by atoms with E-state index in [0.717, 1.165) is 5.56 Å². The highest BCUT2D eigenvalue weighted by Crippen LogP contribution is 2.21. The minimum absolute atomic E-state index is 0.116. The number of nitriles is 1. The van der Waals surface area contributed by atoms with Gasteiger partial charge in [-0.05, 0) is 6.07 Å². The van der Waals surface area contributed by atoms with Crippen molar-refractivity contribution in [3.8, 4) is 6.07 Å². The first-order valence-electron chi connectivity index (χ1n) is 5.80. The van der Waals surface area contributed by atoms with Crippen LogP contribution < -0.4 is 5.43 Å². The molecule has 6 nitrogen and oxygen atoms in total. The zero-order valence-electron chi connectivity index (χ0n) is 10.7. The topological polar surface area (TPSA) is 87.1 Å². The molecule has 0 atom stereocenters. The second kappa shape index (κ2) is 5.78. The molecule has 0 aromatic carbocycles. The summed E-state index contributed by atoms with van der Waals surface area (Å²) in [5.41, 5.74) is 3.72. The molecule has 0 fully saturated rings. The molecule has 0 unspecified atom stereocenters. The van der Waals surface area contributed by atoms with Crippen LogP contribution in [-0.2, 0) is 0 Å². The van der Waals surface area contributed by atoms with Crippen molar-refractivity contribution < 1.29 is 4.42 Å². The standard InChI is InChI=1S/C13H13N5O/c1-9(2)12-17-11(6-14)13(19-12)18-16-8-10-4-3-5-15-7-10/h3-5,7-9,18H,1-2H3. The Balaban J connectivity index is 2.11. The number of hydrogen-bond donors (Lipinski definition) is 1. The van der Waals surface area contributed by atoms with Gasteiger partial charge in [-0.3, -0.25) is 4.98 Å². The Morgan fingerprint density at radius 1 is 1.53 bits per heavy atom. The molecular weight excluding hydrogens is 242 g/mol. The monoisotopic (exact) mass is 255 g/mol. The molecule has 0 saturated heterocycles. The predicted molar refractivity (Wildman–Crippen MR) is 70.8 cm³/mol. The van der Waals surface area contributed by atoms with E-state index >= 15 is 0 Å². The molecule has 96 valence electrons. The van der Waals surface area contributed by atoms with Crippen molar-refractivity contribution in [2.45, 2.75) is 19.8 Å². The van der Waals surface area contributed by atoms with E-state index in [1.165, 1.54) is 0 Å². The third kappa shape index (κ3) is 3.16. The van der Waals surface area contributed by atoms with Crippen LogP contribution in [0, 0.1) is 11.3 Å². The van der Waals surface area contributed by atoms with E-state index in [4.69, 9.17) is 9.68 Å². The summed E-state index contributed by atoms with van der Waals surface area (Å²) < 4.78 is 5.43. The Labute approximate surface area is 110 Å². The van der Waals surface area contributed by atoms with Gasteiger partial charge in [0.15, 0.2) is 0 Å². The van der Waals surface area contributed by atoms with E-state index in [2.05, 4.69) is 20.5 Å². The lowest BCUT2D eigenvalue weighted by molar-refractivity contribution is 0.481. The summed E-state index contributed by atoms with van der Waals surface area (Å²) >= 11 is 0. The fraction of sp³-hybridized carbons (Fsp3) is 0.231. The Morgan fingerprint density at radius 3 is 3.00 bits per heavy atom. The van der Waals surface area contributed by atoms with E-state index in [1.807, 2.05) is 32.0 Å². The maximum absolute atomic E-state index is 8.96. The highest BCUT2D eigenvalue weighted by Gasteiger charge is 2.14. The highest BCUT2D eigenvalue weighted by atomic mass is 16.4. The van der Waals surface area contributed by atoms with Crippen LogP contribution >= 0.6 is 0 Å². The van der Waals surface area contributed by atoms with Gasteiger partial charge in [-0.25, -0.2) is 10.4 Å². The Kier molecular flexibility index (Phi) is 3.88. The lowest BCUT2D eigenvalue weighted by atomic mass is 10.2. The number of nitrogens with one attached hydrogen (secondary N) is 1. The minimum atomic E-state index is 0.116. The molecule has 0 spiro atoms. The molecule has 0 radical (unpaired) electrons. The summed E-state index contributed by atoms with van der Waals surface area (Å²) in [6.45, 7) is 3.88. The number of oxazole rings is 1. The number of hydrazone groups is 1. The third-order valence-corrected chi connectivity index (χ3v) is 2.31. The van der Waals surface area contributed by atoms with Crippen LogP contribution in [0.4, 0.5) is 5.88 Å². The van der Waals surface area contributed by atoms with Gasteiger partial charge in [-0.1, -0.05) is 19.9 Å². The lowest BCUT2D eigenvalue weighted by Gasteiger charge is -1.96. The Bertz CT molecular complexity index is 610. The van der Waals surface area contributed by atoms with Gasteiger partial charge >= 0.3 is 0 Å². The Morgan fingerprint density at radius 2 is 2.37 bits per heavy atom. The lowest BCUT2D eigenvalue weighted by Crippen LogP contribution is -1.91. The molecule has 0 aliphatic rings. The van der Waals surface area contributed by atoms with E-state index in [0.29, 0.717) is 5.89 Å². The molecule has 0 aliphatic carbocycles. The normalized spacial score (nSPS) is 10.8. The smallest absolute Gasteiger partial charge is 0.252 e. The summed E-state index contributed by atoms with van der Waals surface area (Å²) in [6.07, 6.45) is 4.95. The zero-order valence-corrected chi connectivity index (χ0v) is 10.7. The van der Waals surface area contributed by atoms with Crippen molar-refractivity contribution in [1.29, 1.82) is 5.26 Å². The summed E-state index contributed by atoms with van der Waals surface area (Å²) in [5, 5.41) is 12.9. The number of hydrogen-bond acceptors (Lipinski definition) is 6. The minimum Gasteiger partial charge on any atom is -0.422 e. The van der Waals surface area contributed by atoms with Crippen molar-refractivity contribution in [1.82, 2.24) is 9.97 Å². The molecule has 0 bridgehead atoms. The molecular formula is C13H13N5O. The molecule has 0 aliphatic heterocycles. The van der Waals surface area contributed by atoms with Crippen molar-refractivity contribution in [2.75, 3.05) is 5.43 Å². The van der Waals surface area contributed by atoms with Crippen LogP contribution in [0.1, 0.15) is 36.9 Å². The fourth-order valence-corrected chi connectivity index (χ4v) is 1.35. The first kappa shape index (κ1) is 12.8. The van der Waals surface area contributed by atoms with Gasteiger partial charge in [0.2, 0.25) is 11.6 Å². The van der Waals surface area contributed by atoms with Gasteiger partial charge in [0.05, 0.1) is 6.21 Å². The quantitative estimate of drug-likeness (QED) is 0.670. The van der Waals surface area contributed by atoms with Crippen LogP contribution in [0.25, 0.3) is 0 Å². The van der Waals surface area contributed by atoms with Gasteiger partial charge in [0.1, 0.15) is 6.07 Å². The third-order valence-electron chi connectivity index (χ3n) is 2.31. The molecule has 0 amide bonds. The second-order valence-corrected chi connectivity index (χ2v) is 4.15. The molecule has 2 rings (SSSR count). The average molecular weight is 255 g/mol. The van der Waals surface area contributed by atoms with Crippen LogP contribution in [0.15, 0.2) is 34.0 Å². The summed E-state index contributed by atoms with van der Waals surface area (Å²) in [6, 6.07) is 5.64. The molecule has 2 heterocycles. The number of pyridine rings is 1. The maximum atomic E-state index is 8.96. The van der Waals surface area contributed by atoms with Gasteiger partial charge in [-0.2, -0.15) is 10.4 Å². The number of nitrogens with zero attached hydrogens (tertiary/aromatic N) is 4. The Hall–Kier alpha value is -2.68. The molecule has 0 saturated carbocycles. The highest BCUT2D eigenvalue weighted by molar-refractivity contribution is 5.79. The second-order valence-electron chi connectivity index (χ2n) is 4.15. The summed E-state index contributed by atoms with van der Waals surface area (Å²) in [4.78, 5) is 8.04. The SMILES string of the molecule is CC(C)c1nc(C#N)c(NN=Cc2cccnc2)o1. The largest absolute Gasteiger partial charge is 0.422 e. The van der Waals surface area contributed by atoms with Gasteiger partial charge < -0.3 is 4.42 Å². The van der Waals surface area contributed by atoms with Gasteiger partial charge in [-0.15, -0.1) is 0 Å². The molecule has 2 aromatic heterocycles. The van der Waals surface area contributed by atoms with E-state index in [9.17, 15) is 0 Å². The van der Waals surface area contributed by atoms with Gasteiger partial charge in [0.25, 0.3) is 5.88 Å². The van der Waals surface area contributed by atoms with Crippen LogP contribution in [-0.4, -0.2) is 16.2 Å². The molecule has 1 N–H and O–H groups in total. The van der Waals surface area contributed by atoms with Crippen LogP contribution in [0.5, 0.6) is 0 Å². The number of aromatic nitrogens is 2. The van der Waals surface area contributed by atoms with Crippen molar-refractivity contribution in [3.63, 3.8) is 0 Å². The van der Waals surface area contributed by atoms with E-state index in [1.54, 1.807) is 18.6 Å². The van der Waals surface area contributed by atoms with E-state index < -0.39 is 0 Å². The summed E-state index contributed by atoms with van der Waals surface area (Å²) in [7, 11) is 0. The molecule has 6 heteroatoms. The van der Waals surface area contributed by atoms with Gasteiger partial charge in [0, 0.05) is 23.9 Å². The zero-order chi connectivity index (χ0) is 13.7. The van der Waals surface area contributed by atoms with Crippen LogP contribution in [0.2, 0.25) is 0 Å². The molecule has 2 aromatic rings. The van der Waals surface area contributed by atoms with E-state index in [-0.39, 0.29) is 17.5 Å². The summed E-state index contributed by atoms with van der Waals surface area (Å²) in [5.74, 6) is 0.881. The molecule has 19 heavy (non-hydrogen) atoms. The fourth-order valence-electron chi connectivity index (χ4n) is 1.35. The van der Waals surface area contributed by atoms with Crippen molar-refractivity contribution >= 4 is 12.1 Å². The number of anilines is 1. The number of rotatable bonds is 4. The average Bonchev–Trinajstić information content (AvgIpc) is 2.83. The first-order chi connectivity index (χ1) is 9.20. The van der Waals surface area contributed by atoms with Crippen molar-refractivity contribution in [3.05, 3.63) is 41.7 Å². The predicted octanol–water partition coefficient (Wildman–Crippen LogP) is 2.51.